The molecule has 8 nitrogen and oxygen atoms in total. The van der Waals surface area contributed by atoms with E-state index >= 15 is 0 Å². The van der Waals surface area contributed by atoms with E-state index in [1.807, 2.05) is 6.92 Å². The summed E-state index contributed by atoms with van der Waals surface area (Å²) in [7, 11) is -1.98. The maximum absolute atomic E-state index is 12.7. The fourth-order valence-corrected chi connectivity index (χ4v) is 4.15. The number of hydrogen-bond acceptors (Lipinski definition) is 5. The molecule has 0 spiro atoms. The minimum Gasteiger partial charge on any atom is -0.340 e. The Morgan fingerprint density at radius 1 is 1.15 bits per heavy atom. The summed E-state index contributed by atoms with van der Waals surface area (Å²) < 4.78 is 26.9. The molecule has 0 radical (unpaired) electrons. The number of carbonyl (C=O) groups excluding carboxylic acids is 2. The van der Waals surface area contributed by atoms with Crippen LogP contribution in [0, 0.1) is 0 Å². The topological polar surface area (TPSA) is 104 Å². The van der Waals surface area contributed by atoms with Gasteiger partial charge in [0.2, 0.25) is 15.9 Å². The minimum absolute atomic E-state index is 0.0549. The van der Waals surface area contributed by atoms with Crippen LogP contribution in [0.25, 0.3) is 0 Å². The van der Waals surface area contributed by atoms with Gasteiger partial charge >= 0.3 is 0 Å². The zero-order valence-corrected chi connectivity index (χ0v) is 16.2. The summed E-state index contributed by atoms with van der Waals surface area (Å²) in [4.78, 5) is 27.0. The molecule has 0 aliphatic carbocycles. The number of amides is 2. The van der Waals surface area contributed by atoms with Crippen LogP contribution in [0.4, 0.5) is 0 Å². The van der Waals surface area contributed by atoms with Crippen LogP contribution in [0.1, 0.15) is 24.2 Å². The Labute approximate surface area is 154 Å². The molecule has 1 aliphatic heterocycles. The molecule has 1 unspecified atom stereocenters. The number of likely N-dealkylation sites (N-methyl/N-ethyl adjacent to an activating group) is 1. The maximum atomic E-state index is 12.7. The van der Waals surface area contributed by atoms with Gasteiger partial charge in [0.1, 0.15) is 0 Å². The first-order chi connectivity index (χ1) is 12.2. The van der Waals surface area contributed by atoms with E-state index in [1.54, 1.807) is 11.9 Å². The van der Waals surface area contributed by atoms with Crippen molar-refractivity contribution in [1.29, 1.82) is 0 Å². The van der Waals surface area contributed by atoms with E-state index in [9.17, 15) is 18.0 Å². The van der Waals surface area contributed by atoms with Crippen molar-refractivity contribution in [3.8, 4) is 0 Å². The highest BCUT2D eigenvalue weighted by molar-refractivity contribution is 7.89. The number of piperazine rings is 1. The average Bonchev–Trinajstić information content (AvgIpc) is 2.66. The molecule has 1 aliphatic rings. The average molecular weight is 382 g/mol. The zero-order valence-electron chi connectivity index (χ0n) is 15.4. The van der Waals surface area contributed by atoms with Gasteiger partial charge in [-0.3, -0.25) is 9.59 Å². The predicted molar refractivity (Wildman–Crippen MR) is 98.1 cm³/mol. The van der Waals surface area contributed by atoms with Crippen LogP contribution >= 0.6 is 0 Å². The van der Waals surface area contributed by atoms with Crippen molar-refractivity contribution in [3.63, 3.8) is 0 Å². The predicted octanol–water partition coefficient (Wildman–Crippen LogP) is -0.0414. The number of rotatable bonds is 5. The van der Waals surface area contributed by atoms with Gasteiger partial charge in [-0.2, -0.15) is 4.31 Å². The molecule has 1 aromatic carbocycles. The van der Waals surface area contributed by atoms with Gasteiger partial charge in [0.25, 0.3) is 5.91 Å². The van der Waals surface area contributed by atoms with E-state index in [0.717, 1.165) is 0 Å². The number of carbonyl (C=O) groups is 2. The summed E-state index contributed by atoms with van der Waals surface area (Å²) >= 11 is 0. The summed E-state index contributed by atoms with van der Waals surface area (Å²) in [5.41, 5.74) is 5.99. The number of sulfonamides is 1. The van der Waals surface area contributed by atoms with Crippen LogP contribution in [0.3, 0.4) is 0 Å². The molecule has 0 saturated carbocycles. The molecule has 2 amide bonds. The second-order valence-electron chi connectivity index (χ2n) is 6.44. The molecule has 1 atom stereocenters. The maximum Gasteiger partial charge on any atom is 0.253 e. The molecular formula is C17H26N4O4S. The number of nitrogens with two attached hydrogens (primary N) is 1. The highest BCUT2D eigenvalue weighted by atomic mass is 32.2. The standard InChI is InChI=1S/C17H26N4O4S/c1-13(12-18)19(3)17(23)15-4-6-16(7-5-15)26(24,25)21-10-8-20(9-11-21)14(2)22/h4-7,13H,8-12,18H2,1-3H3. The van der Waals surface area contributed by atoms with Gasteiger partial charge < -0.3 is 15.5 Å². The second kappa shape index (κ2) is 8.15. The molecule has 0 bridgehead atoms. The largest absolute Gasteiger partial charge is 0.340 e. The van der Waals surface area contributed by atoms with Gasteiger partial charge in [0.15, 0.2) is 0 Å². The van der Waals surface area contributed by atoms with Gasteiger partial charge in [-0.25, -0.2) is 8.42 Å². The first kappa shape index (κ1) is 20.3. The molecular weight excluding hydrogens is 356 g/mol. The molecule has 26 heavy (non-hydrogen) atoms. The lowest BCUT2D eigenvalue weighted by molar-refractivity contribution is -0.129. The summed E-state index contributed by atoms with van der Waals surface area (Å²) in [5.74, 6) is -0.261. The Kier molecular flexibility index (Phi) is 6.38. The summed E-state index contributed by atoms with van der Waals surface area (Å²) in [6.07, 6.45) is 0. The molecule has 2 rings (SSSR count). The molecule has 2 N–H and O–H groups in total. The number of benzene rings is 1. The van der Waals surface area contributed by atoms with Crippen molar-refractivity contribution < 1.29 is 18.0 Å². The van der Waals surface area contributed by atoms with Crippen molar-refractivity contribution in [1.82, 2.24) is 14.1 Å². The quantitative estimate of drug-likeness (QED) is 0.769. The van der Waals surface area contributed by atoms with Gasteiger partial charge in [-0.1, -0.05) is 0 Å². The van der Waals surface area contributed by atoms with Crippen LogP contribution < -0.4 is 5.73 Å². The van der Waals surface area contributed by atoms with Gasteiger partial charge in [-0.15, -0.1) is 0 Å². The summed E-state index contributed by atoms with van der Waals surface area (Å²) in [6, 6.07) is 5.81. The van der Waals surface area contributed by atoms with Crippen molar-refractivity contribution in [2.24, 2.45) is 5.73 Å². The van der Waals surface area contributed by atoms with E-state index in [0.29, 0.717) is 25.2 Å². The monoisotopic (exact) mass is 382 g/mol. The van der Waals surface area contributed by atoms with Crippen LogP contribution in [0.2, 0.25) is 0 Å². The van der Waals surface area contributed by atoms with E-state index in [2.05, 4.69) is 0 Å². The van der Waals surface area contributed by atoms with E-state index < -0.39 is 10.0 Å². The van der Waals surface area contributed by atoms with Gasteiger partial charge in [-0.05, 0) is 31.2 Å². The third-order valence-corrected chi connectivity index (χ3v) is 6.66. The highest BCUT2D eigenvalue weighted by Crippen LogP contribution is 2.19. The molecule has 9 heteroatoms. The second-order valence-corrected chi connectivity index (χ2v) is 8.37. The van der Waals surface area contributed by atoms with Crippen LogP contribution in [0.5, 0.6) is 0 Å². The highest BCUT2D eigenvalue weighted by Gasteiger charge is 2.29. The van der Waals surface area contributed by atoms with Crippen molar-refractivity contribution in [2.75, 3.05) is 39.8 Å². The SMILES string of the molecule is CC(=O)N1CCN(S(=O)(=O)c2ccc(C(=O)N(C)C(C)CN)cc2)CC1. The van der Waals surface area contributed by atoms with Crippen LogP contribution in [-0.2, 0) is 14.8 Å². The van der Waals surface area contributed by atoms with E-state index in [1.165, 1.54) is 40.4 Å². The van der Waals surface area contributed by atoms with Gasteiger partial charge in [0, 0.05) is 58.3 Å². The Morgan fingerprint density at radius 3 is 2.15 bits per heavy atom. The van der Waals surface area contributed by atoms with Crippen molar-refractivity contribution >= 4 is 21.8 Å². The summed E-state index contributed by atoms with van der Waals surface area (Å²) in [6.45, 7) is 4.96. The first-order valence-electron chi connectivity index (χ1n) is 8.51. The molecule has 1 aromatic rings. The molecule has 0 aromatic heterocycles. The Morgan fingerprint density at radius 2 is 1.69 bits per heavy atom. The lowest BCUT2D eigenvalue weighted by Gasteiger charge is -2.33. The fraction of sp³-hybridized carbons (Fsp3) is 0.529. The Hall–Kier alpha value is -1.97. The Bertz CT molecular complexity index is 755. The normalized spacial score (nSPS) is 17.0. The molecule has 1 fully saturated rings. The number of hydrogen-bond donors (Lipinski definition) is 1. The van der Waals surface area contributed by atoms with Crippen molar-refractivity contribution in [2.45, 2.75) is 24.8 Å². The third kappa shape index (κ3) is 4.22. The lowest BCUT2D eigenvalue weighted by Crippen LogP contribution is -2.49. The number of nitrogens with zero attached hydrogens (tertiary/aromatic N) is 3. The Balaban J connectivity index is 2.12. The molecule has 1 saturated heterocycles. The first-order valence-corrected chi connectivity index (χ1v) is 9.95. The van der Waals surface area contributed by atoms with Crippen molar-refractivity contribution in [3.05, 3.63) is 29.8 Å². The summed E-state index contributed by atoms with van der Waals surface area (Å²) in [5, 5.41) is 0. The lowest BCUT2D eigenvalue weighted by atomic mass is 10.2. The molecule has 1 heterocycles. The fourth-order valence-electron chi connectivity index (χ4n) is 2.72. The zero-order chi connectivity index (χ0) is 19.5. The molecule has 144 valence electrons. The van der Waals surface area contributed by atoms with Crippen LogP contribution in [0.15, 0.2) is 29.2 Å². The van der Waals surface area contributed by atoms with Crippen LogP contribution in [-0.4, -0.2) is 80.2 Å². The van der Waals surface area contributed by atoms with E-state index in [4.69, 9.17) is 5.73 Å². The van der Waals surface area contributed by atoms with E-state index in [-0.39, 0.29) is 35.8 Å². The smallest absolute Gasteiger partial charge is 0.253 e. The van der Waals surface area contributed by atoms with Gasteiger partial charge in [0.05, 0.1) is 4.90 Å². The third-order valence-electron chi connectivity index (χ3n) is 4.75. The minimum atomic E-state index is -3.64.